The Balaban J connectivity index is 2.22. The minimum atomic E-state index is 1.00. The Morgan fingerprint density at radius 2 is 1.71 bits per heavy atom. The summed E-state index contributed by atoms with van der Waals surface area (Å²) in [7, 11) is 0. The molecule has 0 unspecified atom stereocenters. The average Bonchev–Trinajstić information content (AvgIpc) is 2.38. The van der Waals surface area contributed by atoms with Crippen LogP contribution in [0.5, 0.6) is 0 Å². The van der Waals surface area contributed by atoms with Gasteiger partial charge in [-0.15, -0.1) is 0 Å². The fraction of sp³-hybridized carbons (Fsp3) is 0.188. The van der Waals surface area contributed by atoms with Crippen LogP contribution in [-0.2, 0) is 6.42 Å². The van der Waals surface area contributed by atoms with Crippen molar-refractivity contribution in [3.8, 4) is 0 Å². The van der Waals surface area contributed by atoms with E-state index in [0.717, 1.165) is 12.1 Å². The van der Waals surface area contributed by atoms with E-state index < -0.39 is 0 Å². The van der Waals surface area contributed by atoms with Crippen molar-refractivity contribution in [3.05, 3.63) is 65.2 Å². The summed E-state index contributed by atoms with van der Waals surface area (Å²) in [6.45, 7) is 4.25. The fourth-order valence-corrected chi connectivity index (χ4v) is 1.76. The first-order valence-corrected chi connectivity index (χ1v) is 5.98. The zero-order chi connectivity index (χ0) is 12.1. The van der Waals surface area contributed by atoms with Crippen LogP contribution in [0.2, 0.25) is 0 Å². The molecule has 0 aliphatic carbocycles. The van der Waals surface area contributed by atoms with Crippen molar-refractivity contribution in [3.63, 3.8) is 0 Å². The number of nitrogens with zero attached hydrogens (tertiary/aromatic N) is 1. The molecule has 0 atom stereocenters. The second-order valence-corrected chi connectivity index (χ2v) is 4.15. The third-order valence-corrected chi connectivity index (χ3v) is 2.82. The predicted octanol–water partition coefficient (Wildman–Crippen LogP) is 4.31. The van der Waals surface area contributed by atoms with Gasteiger partial charge < -0.3 is 0 Å². The number of aryl methyl sites for hydroxylation is 2. The van der Waals surface area contributed by atoms with Crippen LogP contribution in [0.4, 0.5) is 5.69 Å². The summed E-state index contributed by atoms with van der Waals surface area (Å²) in [4.78, 5) is 4.50. The van der Waals surface area contributed by atoms with Gasteiger partial charge in [-0.3, -0.25) is 4.99 Å². The molecule has 0 spiro atoms. The quantitative estimate of drug-likeness (QED) is 0.688. The van der Waals surface area contributed by atoms with E-state index in [1.807, 2.05) is 18.3 Å². The number of benzene rings is 2. The van der Waals surface area contributed by atoms with E-state index in [1.54, 1.807) is 0 Å². The molecule has 0 fully saturated rings. The van der Waals surface area contributed by atoms with E-state index in [0.29, 0.717) is 0 Å². The lowest BCUT2D eigenvalue weighted by molar-refractivity contribution is 1.13. The van der Waals surface area contributed by atoms with E-state index in [-0.39, 0.29) is 0 Å². The Morgan fingerprint density at radius 3 is 2.41 bits per heavy atom. The molecular formula is C16H17N. The van der Waals surface area contributed by atoms with Gasteiger partial charge in [0.05, 0.1) is 5.69 Å². The molecule has 1 heteroatoms. The summed E-state index contributed by atoms with van der Waals surface area (Å²) < 4.78 is 0. The van der Waals surface area contributed by atoms with Crippen molar-refractivity contribution >= 4 is 11.9 Å². The first kappa shape index (κ1) is 11.6. The second-order valence-electron chi connectivity index (χ2n) is 4.15. The van der Waals surface area contributed by atoms with Crippen molar-refractivity contribution in [2.24, 2.45) is 4.99 Å². The molecule has 0 heterocycles. The predicted molar refractivity (Wildman–Crippen MR) is 74.3 cm³/mol. The van der Waals surface area contributed by atoms with Crippen LogP contribution in [0.3, 0.4) is 0 Å². The Bertz CT molecular complexity index is 509. The highest BCUT2D eigenvalue weighted by Crippen LogP contribution is 2.13. The molecule has 0 aliphatic heterocycles. The largest absolute Gasteiger partial charge is 0.256 e. The van der Waals surface area contributed by atoms with Gasteiger partial charge in [0.2, 0.25) is 0 Å². The van der Waals surface area contributed by atoms with Gasteiger partial charge in [-0.25, -0.2) is 0 Å². The van der Waals surface area contributed by atoms with Gasteiger partial charge in [-0.05, 0) is 36.6 Å². The van der Waals surface area contributed by atoms with Crippen LogP contribution in [0.1, 0.15) is 23.6 Å². The van der Waals surface area contributed by atoms with Crippen molar-refractivity contribution < 1.29 is 0 Å². The van der Waals surface area contributed by atoms with E-state index in [2.05, 4.69) is 55.2 Å². The molecule has 0 amide bonds. The Hall–Kier alpha value is -1.89. The van der Waals surface area contributed by atoms with Crippen LogP contribution in [0.25, 0.3) is 0 Å². The molecule has 17 heavy (non-hydrogen) atoms. The minimum Gasteiger partial charge on any atom is -0.256 e. The molecule has 0 saturated heterocycles. The van der Waals surface area contributed by atoms with Gasteiger partial charge in [0.15, 0.2) is 0 Å². The molecule has 0 aliphatic rings. The zero-order valence-electron chi connectivity index (χ0n) is 10.4. The first-order valence-electron chi connectivity index (χ1n) is 5.98. The molecular weight excluding hydrogens is 206 g/mol. The molecule has 86 valence electrons. The highest BCUT2D eigenvalue weighted by Gasteiger charge is 1.95. The summed E-state index contributed by atoms with van der Waals surface area (Å²) in [6.07, 6.45) is 2.99. The first-order chi connectivity index (χ1) is 8.29. The van der Waals surface area contributed by atoms with Crippen LogP contribution in [0, 0.1) is 6.92 Å². The summed E-state index contributed by atoms with van der Waals surface area (Å²) in [5.41, 5.74) is 4.80. The summed E-state index contributed by atoms with van der Waals surface area (Å²) in [6, 6.07) is 16.6. The fourth-order valence-electron chi connectivity index (χ4n) is 1.76. The van der Waals surface area contributed by atoms with Crippen LogP contribution >= 0.6 is 0 Å². The number of aliphatic imine (C=N–C) groups is 1. The number of hydrogen-bond donors (Lipinski definition) is 0. The number of rotatable bonds is 3. The molecule has 1 nitrogen and oxygen atoms in total. The SMILES string of the molecule is CCc1ccccc1C=Nc1ccc(C)cc1. The monoisotopic (exact) mass is 223 g/mol. The van der Waals surface area contributed by atoms with E-state index in [9.17, 15) is 0 Å². The third kappa shape index (κ3) is 3.04. The molecule has 2 rings (SSSR count). The van der Waals surface area contributed by atoms with E-state index >= 15 is 0 Å². The summed E-state index contributed by atoms with van der Waals surface area (Å²) >= 11 is 0. The van der Waals surface area contributed by atoms with Gasteiger partial charge in [-0.2, -0.15) is 0 Å². The zero-order valence-corrected chi connectivity index (χ0v) is 10.4. The van der Waals surface area contributed by atoms with Crippen LogP contribution in [-0.4, -0.2) is 6.21 Å². The molecule has 0 radical (unpaired) electrons. The van der Waals surface area contributed by atoms with Gasteiger partial charge in [-0.1, -0.05) is 48.9 Å². The number of hydrogen-bond acceptors (Lipinski definition) is 1. The maximum atomic E-state index is 4.50. The van der Waals surface area contributed by atoms with Crippen molar-refractivity contribution in [2.75, 3.05) is 0 Å². The summed E-state index contributed by atoms with van der Waals surface area (Å²) in [5, 5.41) is 0. The summed E-state index contributed by atoms with van der Waals surface area (Å²) in [5.74, 6) is 0. The van der Waals surface area contributed by atoms with Crippen molar-refractivity contribution in [1.82, 2.24) is 0 Å². The Kier molecular flexibility index (Phi) is 3.71. The molecule has 0 bridgehead atoms. The van der Waals surface area contributed by atoms with Crippen LogP contribution < -0.4 is 0 Å². The lowest BCUT2D eigenvalue weighted by atomic mass is 10.1. The highest BCUT2D eigenvalue weighted by molar-refractivity contribution is 5.83. The lowest BCUT2D eigenvalue weighted by Gasteiger charge is -2.01. The van der Waals surface area contributed by atoms with Gasteiger partial charge in [0.25, 0.3) is 0 Å². The van der Waals surface area contributed by atoms with Gasteiger partial charge >= 0.3 is 0 Å². The lowest BCUT2D eigenvalue weighted by Crippen LogP contribution is -1.89. The second kappa shape index (κ2) is 5.44. The van der Waals surface area contributed by atoms with Gasteiger partial charge in [0.1, 0.15) is 0 Å². The molecule has 0 N–H and O–H groups in total. The molecule has 2 aromatic carbocycles. The Morgan fingerprint density at radius 1 is 1.00 bits per heavy atom. The third-order valence-electron chi connectivity index (χ3n) is 2.82. The van der Waals surface area contributed by atoms with Crippen molar-refractivity contribution in [1.29, 1.82) is 0 Å². The smallest absolute Gasteiger partial charge is 0.0630 e. The normalized spacial score (nSPS) is 10.9. The highest BCUT2D eigenvalue weighted by atomic mass is 14.7. The van der Waals surface area contributed by atoms with Gasteiger partial charge in [0, 0.05) is 6.21 Å². The molecule has 0 aromatic heterocycles. The Labute approximate surface area is 103 Å². The minimum absolute atomic E-state index is 1.00. The van der Waals surface area contributed by atoms with Crippen LogP contribution in [0.15, 0.2) is 53.5 Å². The topological polar surface area (TPSA) is 12.4 Å². The van der Waals surface area contributed by atoms with Crippen molar-refractivity contribution in [2.45, 2.75) is 20.3 Å². The van der Waals surface area contributed by atoms with E-state index in [4.69, 9.17) is 0 Å². The molecule has 0 saturated carbocycles. The van der Waals surface area contributed by atoms with E-state index in [1.165, 1.54) is 16.7 Å². The maximum absolute atomic E-state index is 4.50. The maximum Gasteiger partial charge on any atom is 0.0630 e. The molecule has 2 aromatic rings. The standard InChI is InChI=1S/C16H17N/c1-3-14-6-4-5-7-15(14)12-17-16-10-8-13(2)9-11-16/h4-12H,3H2,1-2H3. The average molecular weight is 223 g/mol.